The first-order valence-electron chi connectivity index (χ1n) is 14.2. The molecular formula is C39H29NO. The van der Waals surface area contributed by atoms with Crippen LogP contribution in [0.25, 0.3) is 55.3 Å². The van der Waals surface area contributed by atoms with Gasteiger partial charge in [0.05, 0.1) is 0 Å². The van der Waals surface area contributed by atoms with Crippen molar-refractivity contribution >= 4 is 33.3 Å². The van der Waals surface area contributed by atoms with Crippen LogP contribution in [0.3, 0.4) is 0 Å². The van der Waals surface area contributed by atoms with Crippen LogP contribution in [0, 0.1) is 0 Å². The normalized spacial score (nSPS) is 13.3. The Labute approximate surface area is 239 Å². The summed E-state index contributed by atoms with van der Waals surface area (Å²) in [7, 11) is 0. The van der Waals surface area contributed by atoms with E-state index >= 15 is 0 Å². The molecule has 0 atom stereocenters. The predicted octanol–water partition coefficient (Wildman–Crippen LogP) is 11.0. The molecule has 41 heavy (non-hydrogen) atoms. The van der Waals surface area contributed by atoms with Crippen LogP contribution in [-0.2, 0) is 5.41 Å². The van der Waals surface area contributed by atoms with Crippen molar-refractivity contribution in [2.75, 3.05) is 5.32 Å². The first kappa shape index (κ1) is 23.8. The smallest absolute Gasteiger partial charge is 0.136 e. The minimum absolute atomic E-state index is 0.0948. The summed E-state index contributed by atoms with van der Waals surface area (Å²) in [6, 6.07) is 47.5. The molecule has 1 aliphatic rings. The number of anilines is 2. The molecule has 2 nitrogen and oxygen atoms in total. The lowest BCUT2D eigenvalue weighted by molar-refractivity contribution is 0.661. The van der Waals surface area contributed by atoms with Crippen LogP contribution in [0.1, 0.15) is 25.0 Å². The number of benzene rings is 6. The van der Waals surface area contributed by atoms with Crippen molar-refractivity contribution in [2.24, 2.45) is 0 Å². The molecule has 0 spiro atoms. The third-order valence-electron chi connectivity index (χ3n) is 8.65. The molecule has 196 valence electrons. The summed E-state index contributed by atoms with van der Waals surface area (Å²) >= 11 is 0. The maximum atomic E-state index is 6.26. The zero-order valence-corrected chi connectivity index (χ0v) is 23.1. The average molecular weight is 528 g/mol. The number of nitrogens with one attached hydrogen (secondary N) is 1. The molecule has 0 fully saturated rings. The SMILES string of the molecule is CC1(C)c2cc(Nc3ccc4oc5cccc(-c6ccccc6)c5c4c3)ccc2-c2c(-c3ccccc3)cccc21. The fourth-order valence-corrected chi connectivity index (χ4v) is 6.65. The quantitative estimate of drug-likeness (QED) is 0.246. The minimum atomic E-state index is -0.0948. The summed E-state index contributed by atoms with van der Waals surface area (Å²) in [6.07, 6.45) is 0. The van der Waals surface area contributed by atoms with Crippen molar-refractivity contribution in [1.82, 2.24) is 0 Å². The van der Waals surface area contributed by atoms with Crippen molar-refractivity contribution in [3.63, 3.8) is 0 Å². The topological polar surface area (TPSA) is 25.2 Å². The molecule has 0 unspecified atom stereocenters. The van der Waals surface area contributed by atoms with Gasteiger partial charge < -0.3 is 9.73 Å². The van der Waals surface area contributed by atoms with Gasteiger partial charge in [-0.3, -0.25) is 0 Å². The van der Waals surface area contributed by atoms with Crippen LogP contribution in [0.4, 0.5) is 11.4 Å². The van der Waals surface area contributed by atoms with Crippen molar-refractivity contribution in [3.8, 4) is 33.4 Å². The average Bonchev–Trinajstić information content (AvgIpc) is 3.50. The minimum Gasteiger partial charge on any atom is -0.456 e. The number of furan rings is 1. The molecule has 8 rings (SSSR count). The van der Waals surface area contributed by atoms with E-state index in [1.54, 1.807) is 0 Å². The first-order chi connectivity index (χ1) is 20.1. The number of rotatable bonds is 4. The highest BCUT2D eigenvalue weighted by Crippen LogP contribution is 2.52. The van der Waals surface area contributed by atoms with Gasteiger partial charge in [-0.05, 0) is 80.9 Å². The summed E-state index contributed by atoms with van der Waals surface area (Å²) in [5.41, 5.74) is 14.2. The van der Waals surface area contributed by atoms with Crippen LogP contribution < -0.4 is 5.32 Å². The van der Waals surface area contributed by atoms with Crippen LogP contribution >= 0.6 is 0 Å². The van der Waals surface area contributed by atoms with Gasteiger partial charge in [0.2, 0.25) is 0 Å². The highest BCUT2D eigenvalue weighted by Gasteiger charge is 2.37. The van der Waals surface area contributed by atoms with Crippen LogP contribution in [0.2, 0.25) is 0 Å². The Morgan fingerprint density at radius 1 is 0.512 bits per heavy atom. The third kappa shape index (κ3) is 3.72. The van der Waals surface area contributed by atoms with Crippen molar-refractivity contribution in [2.45, 2.75) is 19.3 Å². The monoisotopic (exact) mass is 527 g/mol. The Morgan fingerprint density at radius 2 is 1.17 bits per heavy atom. The largest absolute Gasteiger partial charge is 0.456 e. The molecule has 1 aromatic heterocycles. The fraction of sp³-hybridized carbons (Fsp3) is 0.0769. The van der Waals surface area contributed by atoms with E-state index in [1.165, 1.54) is 44.5 Å². The Balaban J connectivity index is 1.21. The van der Waals surface area contributed by atoms with Crippen molar-refractivity contribution in [1.29, 1.82) is 0 Å². The fourth-order valence-electron chi connectivity index (χ4n) is 6.65. The van der Waals surface area contributed by atoms with Gasteiger partial charge >= 0.3 is 0 Å². The van der Waals surface area contributed by atoms with Gasteiger partial charge in [0.15, 0.2) is 0 Å². The Bertz CT molecular complexity index is 2080. The molecule has 0 radical (unpaired) electrons. The van der Waals surface area contributed by atoms with E-state index in [0.717, 1.165) is 33.3 Å². The molecule has 0 amide bonds. The second-order valence-corrected chi connectivity index (χ2v) is 11.5. The summed E-state index contributed by atoms with van der Waals surface area (Å²) in [5.74, 6) is 0. The second-order valence-electron chi connectivity index (χ2n) is 11.5. The van der Waals surface area contributed by atoms with E-state index in [-0.39, 0.29) is 5.41 Å². The standard InChI is InChI=1S/C39H29NO/c1-39(2)33-17-9-15-29(25-11-5-3-6-12-25)37(33)31-21-19-28(24-34(31)39)40-27-20-22-35-32(23-27)38-30(16-10-18-36(38)41-35)26-13-7-4-8-14-26/h3-24,40H,1-2H3. The summed E-state index contributed by atoms with van der Waals surface area (Å²) in [5, 5.41) is 5.97. The zero-order valence-electron chi connectivity index (χ0n) is 23.1. The van der Waals surface area contributed by atoms with E-state index in [2.05, 4.69) is 153 Å². The van der Waals surface area contributed by atoms with Gasteiger partial charge in [0.25, 0.3) is 0 Å². The summed E-state index contributed by atoms with van der Waals surface area (Å²) < 4.78 is 6.26. The maximum absolute atomic E-state index is 6.26. The molecule has 0 saturated carbocycles. The Kier molecular flexibility index (Phi) is 5.20. The van der Waals surface area contributed by atoms with Gasteiger partial charge in [-0.1, -0.05) is 111 Å². The van der Waals surface area contributed by atoms with Crippen molar-refractivity contribution in [3.05, 3.63) is 145 Å². The van der Waals surface area contributed by atoms with Gasteiger partial charge in [-0.25, -0.2) is 0 Å². The van der Waals surface area contributed by atoms with Gasteiger partial charge in [-0.2, -0.15) is 0 Å². The van der Waals surface area contributed by atoms with E-state index in [9.17, 15) is 0 Å². The lowest BCUT2D eigenvalue weighted by atomic mass is 9.82. The van der Waals surface area contributed by atoms with Crippen LogP contribution in [-0.4, -0.2) is 0 Å². The van der Waals surface area contributed by atoms with Gasteiger partial charge in [0.1, 0.15) is 11.2 Å². The summed E-state index contributed by atoms with van der Waals surface area (Å²) in [6.45, 7) is 4.68. The Morgan fingerprint density at radius 3 is 1.95 bits per heavy atom. The predicted molar refractivity (Wildman–Crippen MR) is 172 cm³/mol. The molecule has 0 saturated heterocycles. The lowest BCUT2D eigenvalue weighted by Gasteiger charge is -2.22. The van der Waals surface area contributed by atoms with Crippen molar-refractivity contribution < 1.29 is 4.42 Å². The molecular weight excluding hydrogens is 498 g/mol. The molecule has 1 heterocycles. The van der Waals surface area contributed by atoms with Crippen LogP contribution in [0.5, 0.6) is 0 Å². The third-order valence-corrected chi connectivity index (χ3v) is 8.65. The van der Waals surface area contributed by atoms with E-state index < -0.39 is 0 Å². The molecule has 1 N–H and O–H groups in total. The zero-order chi connectivity index (χ0) is 27.6. The maximum Gasteiger partial charge on any atom is 0.136 e. The van der Waals surface area contributed by atoms with E-state index in [1.807, 2.05) is 0 Å². The molecule has 2 heteroatoms. The highest BCUT2D eigenvalue weighted by atomic mass is 16.3. The number of fused-ring (bicyclic) bond motifs is 6. The Hall–Kier alpha value is -5.08. The first-order valence-corrected chi connectivity index (χ1v) is 14.2. The number of hydrogen-bond acceptors (Lipinski definition) is 2. The van der Waals surface area contributed by atoms with E-state index in [0.29, 0.717) is 0 Å². The van der Waals surface area contributed by atoms with E-state index in [4.69, 9.17) is 4.42 Å². The number of hydrogen-bond donors (Lipinski definition) is 1. The van der Waals surface area contributed by atoms with Gasteiger partial charge in [0, 0.05) is 27.6 Å². The molecule has 7 aromatic rings. The molecule has 0 bridgehead atoms. The molecule has 6 aromatic carbocycles. The molecule has 1 aliphatic carbocycles. The summed E-state index contributed by atoms with van der Waals surface area (Å²) in [4.78, 5) is 0. The molecule has 0 aliphatic heterocycles. The van der Waals surface area contributed by atoms with Gasteiger partial charge in [-0.15, -0.1) is 0 Å². The highest BCUT2D eigenvalue weighted by molar-refractivity contribution is 6.13. The van der Waals surface area contributed by atoms with Crippen LogP contribution in [0.15, 0.2) is 138 Å². The lowest BCUT2D eigenvalue weighted by Crippen LogP contribution is -2.15. The second kappa shape index (κ2) is 8.97.